The molecule has 0 spiro atoms. The number of anilines is 1. The minimum absolute atomic E-state index is 0.0783. The summed E-state index contributed by atoms with van der Waals surface area (Å²) < 4.78 is 16.8. The molecule has 0 saturated heterocycles. The highest BCUT2D eigenvalue weighted by molar-refractivity contribution is 9.10. The number of halogens is 2. The van der Waals surface area contributed by atoms with Gasteiger partial charge in [-0.1, -0.05) is 15.9 Å². The van der Waals surface area contributed by atoms with Gasteiger partial charge in [0.15, 0.2) is 0 Å². The summed E-state index contributed by atoms with van der Waals surface area (Å²) in [4.78, 5) is 7.72. The molecule has 0 aliphatic rings. The summed E-state index contributed by atoms with van der Waals surface area (Å²) in [6.45, 7) is 0. The highest BCUT2D eigenvalue weighted by Crippen LogP contribution is 2.38. The van der Waals surface area contributed by atoms with Crippen LogP contribution in [0.2, 0.25) is 0 Å². The molecule has 0 aliphatic heterocycles. The van der Waals surface area contributed by atoms with E-state index in [0.29, 0.717) is 11.4 Å². The Kier molecular flexibility index (Phi) is 3.70. The minimum Gasteiger partial charge on any atom is -0.366 e. The van der Waals surface area contributed by atoms with Crippen LogP contribution in [-0.4, -0.2) is 24.7 Å². The molecule has 3 N–H and O–H groups in total. The average molecular weight is 437 g/mol. The summed E-state index contributed by atoms with van der Waals surface area (Å²) in [5.41, 5.74) is 10.4. The standard InChI is InChI=1S/C20H14BrFN6/c1-28-9-15(13-7-11(22)3-5-17(13)28)19-18(25-20(23)27-26-19)14-8-24-16-4-2-10(21)6-12(14)16/h2-9,24H,1H3,(H2,23,25,27). The van der Waals surface area contributed by atoms with Gasteiger partial charge < -0.3 is 15.3 Å². The monoisotopic (exact) mass is 436 g/mol. The normalized spacial score (nSPS) is 11.5. The molecule has 8 heteroatoms. The van der Waals surface area contributed by atoms with Gasteiger partial charge in [0.25, 0.3) is 0 Å². The molecule has 0 radical (unpaired) electrons. The van der Waals surface area contributed by atoms with Crippen molar-refractivity contribution in [2.24, 2.45) is 7.05 Å². The van der Waals surface area contributed by atoms with E-state index in [0.717, 1.165) is 37.4 Å². The number of hydrogen-bond acceptors (Lipinski definition) is 4. The number of aromatic amines is 1. The summed E-state index contributed by atoms with van der Waals surface area (Å²) in [7, 11) is 1.91. The van der Waals surface area contributed by atoms with Crippen molar-refractivity contribution >= 4 is 43.7 Å². The smallest absolute Gasteiger partial charge is 0.240 e. The van der Waals surface area contributed by atoms with Gasteiger partial charge in [0.2, 0.25) is 5.95 Å². The molecule has 6 nitrogen and oxygen atoms in total. The number of rotatable bonds is 2. The summed E-state index contributed by atoms with van der Waals surface area (Å²) in [6, 6.07) is 10.6. The van der Waals surface area contributed by atoms with Gasteiger partial charge in [0, 0.05) is 56.8 Å². The van der Waals surface area contributed by atoms with Crippen molar-refractivity contribution < 1.29 is 4.39 Å². The third-order valence-corrected chi connectivity index (χ3v) is 5.30. The number of nitrogens with zero attached hydrogens (tertiary/aromatic N) is 4. The first kappa shape index (κ1) is 16.9. The molecule has 0 bridgehead atoms. The van der Waals surface area contributed by atoms with Crippen molar-refractivity contribution in [2.45, 2.75) is 0 Å². The number of aromatic nitrogens is 5. The van der Waals surface area contributed by atoms with Gasteiger partial charge in [-0.25, -0.2) is 9.37 Å². The van der Waals surface area contributed by atoms with E-state index in [-0.39, 0.29) is 11.8 Å². The first-order chi connectivity index (χ1) is 13.5. The Morgan fingerprint density at radius 3 is 2.75 bits per heavy atom. The lowest BCUT2D eigenvalue weighted by atomic mass is 10.0. The van der Waals surface area contributed by atoms with E-state index in [4.69, 9.17) is 5.73 Å². The van der Waals surface area contributed by atoms with Crippen molar-refractivity contribution in [2.75, 3.05) is 5.73 Å². The molecule has 0 atom stereocenters. The van der Waals surface area contributed by atoms with Crippen LogP contribution in [0, 0.1) is 5.82 Å². The average Bonchev–Trinajstić information content (AvgIpc) is 3.22. The lowest BCUT2D eigenvalue weighted by Gasteiger charge is -2.07. The number of nitrogen functional groups attached to an aromatic ring is 1. The molecule has 5 aromatic rings. The first-order valence-corrected chi connectivity index (χ1v) is 9.33. The van der Waals surface area contributed by atoms with Gasteiger partial charge in [0.1, 0.15) is 17.2 Å². The molecule has 28 heavy (non-hydrogen) atoms. The third-order valence-electron chi connectivity index (χ3n) is 4.81. The van der Waals surface area contributed by atoms with Gasteiger partial charge in [-0.15, -0.1) is 10.2 Å². The van der Waals surface area contributed by atoms with Crippen LogP contribution >= 0.6 is 15.9 Å². The van der Waals surface area contributed by atoms with Crippen molar-refractivity contribution in [3.8, 4) is 22.5 Å². The van der Waals surface area contributed by atoms with Crippen LogP contribution in [0.3, 0.4) is 0 Å². The fourth-order valence-electron chi connectivity index (χ4n) is 3.55. The van der Waals surface area contributed by atoms with Gasteiger partial charge >= 0.3 is 0 Å². The number of H-pyrrole nitrogens is 1. The second kappa shape index (κ2) is 6.13. The maximum atomic E-state index is 13.9. The van der Waals surface area contributed by atoms with Crippen LogP contribution in [0.15, 0.2) is 53.3 Å². The van der Waals surface area contributed by atoms with E-state index in [1.165, 1.54) is 12.1 Å². The molecular weight excluding hydrogens is 423 g/mol. The van der Waals surface area contributed by atoms with Crippen LogP contribution in [0.25, 0.3) is 44.3 Å². The predicted molar refractivity (Wildman–Crippen MR) is 111 cm³/mol. The summed E-state index contributed by atoms with van der Waals surface area (Å²) in [6.07, 6.45) is 3.77. The number of nitrogens with one attached hydrogen (secondary N) is 1. The third kappa shape index (κ3) is 2.56. The lowest BCUT2D eigenvalue weighted by molar-refractivity contribution is 0.629. The topological polar surface area (TPSA) is 85.4 Å². The molecule has 3 heterocycles. The number of aryl methyl sites for hydroxylation is 1. The van der Waals surface area contributed by atoms with Crippen LogP contribution < -0.4 is 5.73 Å². The van der Waals surface area contributed by atoms with Gasteiger partial charge in [0.05, 0.1) is 0 Å². The quantitative estimate of drug-likeness (QED) is 0.421. The zero-order valence-corrected chi connectivity index (χ0v) is 16.3. The van der Waals surface area contributed by atoms with E-state index in [1.54, 1.807) is 6.07 Å². The number of fused-ring (bicyclic) bond motifs is 2. The molecule has 0 aliphatic carbocycles. The Balaban J connectivity index is 1.84. The Bertz CT molecular complexity index is 1370. The van der Waals surface area contributed by atoms with E-state index in [9.17, 15) is 4.39 Å². The van der Waals surface area contributed by atoms with Crippen molar-refractivity contribution in [3.05, 3.63) is 59.1 Å². The van der Waals surface area contributed by atoms with Gasteiger partial charge in [-0.3, -0.25) is 0 Å². The highest BCUT2D eigenvalue weighted by atomic mass is 79.9. The number of benzene rings is 2. The number of hydrogen-bond donors (Lipinski definition) is 2. The zero-order valence-electron chi connectivity index (χ0n) is 14.7. The second-order valence-corrected chi connectivity index (χ2v) is 7.49. The summed E-state index contributed by atoms with van der Waals surface area (Å²) in [5, 5.41) is 10.00. The van der Waals surface area contributed by atoms with Crippen LogP contribution in [0.5, 0.6) is 0 Å². The van der Waals surface area contributed by atoms with Crippen molar-refractivity contribution in [1.29, 1.82) is 0 Å². The molecule has 2 aromatic carbocycles. The molecular formula is C20H14BrFN6. The first-order valence-electron chi connectivity index (χ1n) is 8.53. The highest BCUT2D eigenvalue weighted by Gasteiger charge is 2.20. The Labute approximate surface area is 167 Å². The molecule has 0 fully saturated rings. The molecule has 138 valence electrons. The number of nitrogens with two attached hydrogens (primary N) is 1. The predicted octanol–water partition coefficient (Wildman–Crippen LogP) is 4.66. The summed E-state index contributed by atoms with van der Waals surface area (Å²) >= 11 is 3.51. The van der Waals surface area contributed by atoms with Gasteiger partial charge in [-0.05, 0) is 36.4 Å². The molecule has 3 aromatic heterocycles. The van der Waals surface area contributed by atoms with E-state index in [2.05, 4.69) is 36.1 Å². The molecule has 0 amide bonds. The maximum Gasteiger partial charge on any atom is 0.240 e. The van der Waals surface area contributed by atoms with Crippen molar-refractivity contribution in [1.82, 2.24) is 24.7 Å². The SMILES string of the molecule is Cn1cc(-c2nnc(N)nc2-c2c[nH]c3ccc(Br)cc23)c2cc(F)ccc21. The van der Waals surface area contributed by atoms with E-state index in [1.807, 2.05) is 42.2 Å². The van der Waals surface area contributed by atoms with Crippen LogP contribution in [-0.2, 0) is 7.05 Å². The van der Waals surface area contributed by atoms with Gasteiger partial charge in [-0.2, -0.15) is 0 Å². The van der Waals surface area contributed by atoms with Crippen LogP contribution in [0.1, 0.15) is 0 Å². The Hall–Kier alpha value is -3.26. The van der Waals surface area contributed by atoms with Crippen molar-refractivity contribution in [3.63, 3.8) is 0 Å². The Morgan fingerprint density at radius 1 is 1.04 bits per heavy atom. The molecule has 0 unspecified atom stereocenters. The molecule has 5 rings (SSSR count). The molecule has 0 saturated carbocycles. The summed E-state index contributed by atoms with van der Waals surface area (Å²) in [5.74, 6) is -0.233. The minimum atomic E-state index is -0.311. The van der Waals surface area contributed by atoms with E-state index >= 15 is 0 Å². The Morgan fingerprint density at radius 2 is 1.89 bits per heavy atom. The van der Waals surface area contributed by atoms with Crippen LogP contribution in [0.4, 0.5) is 10.3 Å². The second-order valence-electron chi connectivity index (χ2n) is 6.57. The fraction of sp³-hybridized carbons (Fsp3) is 0.0500. The fourth-order valence-corrected chi connectivity index (χ4v) is 3.91. The lowest BCUT2D eigenvalue weighted by Crippen LogP contribution is -2.02. The maximum absolute atomic E-state index is 13.9. The largest absolute Gasteiger partial charge is 0.366 e. The van der Waals surface area contributed by atoms with E-state index < -0.39 is 0 Å². The zero-order chi connectivity index (χ0) is 19.4.